The fourth-order valence-electron chi connectivity index (χ4n) is 1.32. The fourth-order valence-corrected chi connectivity index (χ4v) is 2.87. The molecule has 0 aliphatic carbocycles. The van der Waals surface area contributed by atoms with E-state index in [0.717, 1.165) is 15.9 Å². The highest BCUT2D eigenvalue weighted by Gasteiger charge is 2.09. The molecule has 0 aliphatic heterocycles. The molecule has 0 bridgehead atoms. The quantitative estimate of drug-likeness (QED) is 0.622. The normalized spacial score (nSPS) is 10.3. The molecule has 0 radical (unpaired) electrons. The molecule has 1 aromatic heterocycles. The van der Waals surface area contributed by atoms with Crippen LogP contribution in [0.25, 0.3) is 0 Å². The Labute approximate surface area is 114 Å². The van der Waals surface area contributed by atoms with E-state index >= 15 is 0 Å². The summed E-state index contributed by atoms with van der Waals surface area (Å²) < 4.78 is 9.95. The molecule has 1 aromatic carbocycles. The van der Waals surface area contributed by atoms with Gasteiger partial charge in [-0.05, 0) is 42.7 Å². The fraction of sp³-hybridized carbons (Fsp3) is 0.250. The van der Waals surface area contributed by atoms with Crippen LogP contribution in [0.4, 0.5) is 0 Å². The molecule has 0 fully saturated rings. The molecule has 2 aromatic rings. The number of methoxy groups -OCH3 is 1. The van der Waals surface area contributed by atoms with E-state index in [1.54, 1.807) is 31.4 Å². The number of carbonyl (C=O) groups excluding carboxylic acids is 1. The van der Waals surface area contributed by atoms with Gasteiger partial charge < -0.3 is 4.74 Å². The van der Waals surface area contributed by atoms with Gasteiger partial charge in [-0.1, -0.05) is 11.8 Å². The Hall–Kier alpha value is -1.40. The number of benzene rings is 1. The largest absolute Gasteiger partial charge is 0.497 e. The van der Waals surface area contributed by atoms with Crippen molar-refractivity contribution in [1.82, 2.24) is 9.36 Å². The molecule has 0 N–H and O–H groups in total. The minimum Gasteiger partial charge on any atom is -0.497 e. The van der Waals surface area contributed by atoms with E-state index in [2.05, 4.69) is 9.36 Å². The second kappa shape index (κ2) is 5.97. The molecule has 0 saturated heterocycles. The third-order valence-electron chi connectivity index (χ3n) is 2.25. The van der Waals surface area contributed by atoms with Gasteiger partial charge >= 0.3 is 0 Å². The van der Waals surface area contributed by atoms with E-state index in [9.17, 15) is 4.79 Å². The van der Waals surface area contributed by atoms with Gasteiger partial charge in [0, 0.05) is 5.56 Å². The van der Waals surface area contributed by atoms with Crippen LogP contribution < -0.4 is 4.74 Å². The van der Waals surface area contributed by atoms with Gasteiger partial charge in [0.25, 0.3) is 0 Å². The summed E-state index contributed by atoms with van der Waals surface area (Å²) in [5.41, 5.74) is 0.685. The zero-order valence-corrected chi connectivity index (χ0v) is 11.7. The van der Waals surface area contributed by atoms with E-state index in [1.165, 1.54) is 23.3 Å². The monoisotopic (exact) mass is 280 g/mol. The summed E-state index contributed by atoms with van der Waals surface area (Å²) in [4.78, 5) is 16.1. The van der Waals surface area contributed by atoms with Crippen LogP contribution in [0.3, 0.4) is 0 Å². The predicted molar refractivity (Wildman–Crippen MR) is 72.7 cm³/mol. The molecular formula is C12H12N2O2S2. The maximum atomic E-state index is 11.9. The highest BCUT2D eigenvalue weighted by Crippen LogP contribution is 2.21. The highest BCUT2D eigenvalue weighted by atomic mass is 32.2. The summed E-state index contributed by atoms with van der Waals surface area (Å²) in [6.45, 7) is 1.84. The molecule has 0 atom stereocenters. The van der Waals surface area contributed by atoms with Crippen LogP contribution in [0.15, 0.2) is 28.6 Å². The third-order valence-corrected chi connectivity index (χ3v) is 4.17. The summed E-state index contributed by atoms with van der Waals surface area (Å²) in [7, 11) is 1.60. The summed E-state index contributed by atoms with van der Waals surface area (Å²) in [6.07, 6.45) is 0. The summed E-state index contributed by atoms with van der Waals surface area (Å²) in [5.74, 6) is 1.95. The average Bonchev–Trinajstić information content (AvgIpc) is 2.82. The van der Waals surface area contributed by atoms with Crippen LogP contribution in [-0.4, -0.2) is 28.0 Å². The number of ether oxygens (including phenoxy) is 1. The van der Waals surface area contributed by atoms with E-state index in [1.807, 2.05) is 6.92 Å². The third kappa shape index (κ3) is 3.30. The van der Waals surface area contributed by atoms with Crippen molar-refractivity contribution in [3.05, 3.63) is 35.7 Å². The SMILES string of the molecule is COc1ccc(C(=O)CSc2nc(C)ns2)cc1. The minimum atomic E-state index is 0.0792. The molecule has 0 unspecified atom stereocenters. The molecule has 1 heterocycles. The molecule has 18 heavy (non-hydrogen) atoms. The zero-order chi connectivity index (χ0) is 13.0. The molecule has 4 nitrogen and oxygen atoms in total. The first-order chi connectivity index (χ1) is 8.69. The van der Waals surface area contributed by atoms with E-state index in [-0.39, 0.29) is 5.78 Å². The topological polar surface area (TPSA) is 52.1 Å². The summed E-state index contributed by atoms with van der Waals surface area (Å²) in [6, 6.07) is 7.11. The van der Waals surface area contributed by atoms with Gasteiger partial charge in [-0.15, -0.1) is 0 Å². The first kappa shape index (κ1) is 13.0. The number of hydrogen-bond acceptors (Lipinski definition) is 6. The summed E-state index contributed by atoms with van der Waals surface area (Å²) >= 11 is 2.74. The Bertz CT molecular complexity index is 537. The van der Waals surface area contributed by atoms with E-state index in [0.29, 0.717) is 11.3 Å². The van der Waals surface area contributed by atoms with Crippen molar-refractivity contribution in [3.8, 4) is 5.75 Å². The van der Waals surface area contributed by atoms with Gasteiger partial charge in [0.2, 0.25) is 0 Å². The molecule has 0 spiro atoms. The average molecular weight is 280 g/mol. The van der Waals surface area contributed by atoms with Gasteiger partial charge in [-0.2, -0.15) is 4.37 Å². The number of ketones is 1. The second-order valence-corrected chi connectivity index (χ2v) is 5.52. The Morgan fingerprint density at radius 3 is 2.67 bits per heavy atom. The molecule has 0 aliphatic rings. The van der Waals surface area contributed by atoms with Crippen molar-refractivity contribution in [1.29, 1.82) is 0 Å². The van der Waals surface area contributed by atoms with Crippen LogP contribution in [0.5, 0.6) is 5.75 Å². The van der Waals surface area contributed by atoms with Crippen LogP contribution in [-0.2, 0) is 0 Å². The summed E-state index contributed by atoms with van der Waals surface area (Å²) in [5, 5.41) is 0. The maximum Gasteiger partial charge on any atom is 0.173 e. The molecule has 6 heteroatoms. The van der Waals surface area contributed by atoms with Crippen LogP contribution >= 0.6 is 23.3 Å². The second-order valence-electron chi connectivity index (χ2n) is 3.55. The van der Waals surface area contributed by atoms with Gasteiger partial charge in [0.15, 0.2) is 10.1 Å². The first-order valence-corrected chi connectivity index (χ1v) is 7.05. The number of hydrogen-bond donors (Lipinski definition) is 0. The standard InChI is InChI=1S/C12H12N2O2S2/c1-8-13-12(18-14-8)17-7-11(15)9-3-5-10(16-2)6-4-9/h3-6H,7H2,1-2H3. The molecule has 0 amide bonds. The number of Topliss-reactive ketones (excluding diaryl/α,β-unsaturated/α-hetero) is 1. The lowest BCUT2D eigenvalue weighted by Gasteiger charge is -2.01. The van der Waals surface area contributed by atoms with E-state index < -0.39 is 0 Å². The molecule has 94 valence electrons. The van der Waals surface area contributed by atoms with Gasteiger partial charge in [-0.25, -0.2) is 4.98 Å². The van der Waals surface area contributed by atoms with Crippen molar-refractivity contribution < 1.29 is 9.53 Å². The van der Waals surface area contributed by atoms with Crippen molar-refractivity contribution in [2.24, 2.45) is 0 Å². The minimum absolute atomic E-state index is 0.0792. The van der Waals surface area contributed by atoms with Crippen molar-refractivity contribution in [2.45, 2.75) is 11.3 Å². The molecule has 2 rings (SSSR count). The van der Waals surface area contributed by atoms with Gasteiger partial charge in [-0.3, -0.25) is 4.79 Å². The van der Waals surface area contributed by atoms with Crippen molar-refractivity contribution in [3.63, 3.8) is 0 Å². The Morgan fingerprint density at radius 2 is 2.11 bits per heavy atom. The highest BCUT2D eigenvalue weighted by molar-refractivity contribution is 8.01. The van der Waals surface area contributed by atoms with Crippen LogP contribution in [0, 0.1) is 6.92 Å². The lowest BCUT2D eigenvalue weighted by atomic mass is 10.1. The zero-order valence-electron chi connectivity index (χ0n) is 10.0. The van der Waals surface area contributed by atoms with E-state index in [4.69, 9.17) is 4.74 Å². The Morgan fingerprint density at radius 1 is 1.39 bits per heavy atom. The number of aromatic nitrogens is 2. The van der Waals surface area contributed by atoms with Gasteiger partial charge in [0.05, 0.1) is 12.9 Å². The van der Waals surface area contributed by atoms with Gasteiger partial charge in [0.1, 0.15) is 11.6 Å². The Kier molecular flexibility index (Phi) is 4.33. The first-order valence-electron chi connectivity index (χ1n) is 5.29. The number of carbonyl (C=O) groups is 1. The maximum absolute atomic E-state index is 11.9. The Balaban J connectivity index is 1.94. The molecular weight excluding hydrogens is 268 g/mol. The van der Waals surface area contributed by atoms with Crippen molar-refractivity contribution in [2.75, 3.05) is 12.9 Å². The number of rotatable bonds is 5. The predicted octanol–water partition coefficient (Wildman–Crippen LogP) is 2.83. The number of nitrogens with zero attached hydrogens (tertiary/aromatic N) is 2. The van der Waals surface area contributed by atoms with Crippen LogP contribution in [0.1, 0.15) is 16.2 Å². The van der Waals surface area contributed by atoms with Crippen molar-refractivity contribution >= 4 is 29.1 Å². The van der Waals surface area contributed by atoms with Crippen LogP contribution in [0.2, 0.25) is 0 Å². The molecule has 0 saturated carbocycles. The smallest absolute Gasteiger partial charge is 0.173 e. The lowest BCUT2D eigenvalue weighted by molar-refractivity contribution is 0.102. The number of aryl methyl sites for hydroxylation is 1. The lowest BCUT2D eigenvalue weighted by Crippen LogP contribution is -2.02. The number of thioether (sulfide) groups is 1.